The lowest BCUT2D eigenvalue weighted by molar-refractivity contribution is 0.00578. The Morgan fingerprint density at radius 3 is 2.23 bits per heavy atom. The van der Waals surface area contributed by atoms with Crippen molar-refractivity contribution in [2.45, 2.75) is 79.1 Å². The Morgan fingerprint density at radius 2 is 1.77 bits per heavy atom. The SMILES string of the molecule is C=Nc1c(/C=C(\C)B2OC(C)(C)C(C)(C)O2)c(=O)c(C(=O)OCC)cn1N(C)C(=O)OC(C)(C)C. The van der Waals surface area contributed by atoms with E-state index in [2.05, 4.69) is 11.7 Å². The van der Waals surface area contributed by atoms with Gasteiger partial charge in [0, 0.05) is 13.2 Å². The molecule has 0 aromatic carbocycles. The summed E-state index contributed by atoms with van der Waals surface area (Å²) in [4.78, 5) is 42.8. The number of rotatable bonds is 6. The highest BCUT2D eigenvalue weighted by molar-refractivity contribution is 6.55. The molecule has 0 bridgehead atoms. The number of carbonyl (C=O) groups excluding carboxylic acids is 2. The summed E-state index contributed by atoms with van der Waals surface area (Å²) < 4.78 is 23.9. The number of ether oxygens (including phenoxy) is 2. The van der Waals surface area contributed by atoms with Crippen molar-refractivity contribution in [3.8, 4) is 0 Å². The van der Waals surface area contributed by atoms with Gasteiger partial charge in [0.1, 0.15) is 11.2 Å². The van der Waals surface area contributed by atoms with Crippen LogP contribution >= 0.6 is 0 Å². The summed E-state index contributed by atoms with van der Waals surface area (Å²) in [5.74, 6) is -0.797. The first-order valence-electron chi connectivity index (χ1n) is 11.4. The molecule has 35 heavy (non-hydrogen) atoms. The summed E-state index contributed by atoms with van der Waals surface area (Å²) in [7, 11) is 0.692. The zero-order chi connectivity index (χ0) is 26.9. The number of amides is 1. The van der Waals surface area contributed by atoms with Gasteiger partial charge < -0.3 is 18.8 Å². The van der Waals surface area contributed by atoms with Crippen LogP contribution in [-0.4, -0.2) is 61.0 Å². The minimum atomic E-state index is -0.831. The average Bonchev–Trinajstić information content (AvgIpc) is 2.94. The van der Waals surface area contributed by atoms with Gasteiger partial charge in [-0.1, -0.05) is 6.08 Å². The Hall–Kier alpha value is -2.92. The van der Waals surface area contributed by atoms with Gasteiger partial charge in [-0.25, -0.2) is 24.3 Å². The molecule has 0 spiro atoms. The van der Waals surface area contributed by atoms with E-state index in [0.717, 1.165) is 5.01 Å². The van der Waals surface area contributed by atoms with Crippen LogP contribution in [0.1, 0.15) is 78.2 Å². The van der Waals surface area contributed by atoms with Crippen LogP contribution in [0.5, 0.6) is 0 Å². The standard InChI is InChI=1S/C24H36BN3O7/c1-12-32-20(30)17-14-28(27(11)21(31)33-22(3,4)5)19(26-10)16(18(17)29)13-15(2)25-34-23(6,7)24(8,9)35-25/h13-14H,10,12H2,1-9,11H3/b15-13+. The van der Waals surface area contributed by atoms with E-state index in [1.807, 2.05) is 27.7 Å². The second-order valence-corrected chi connectivity index (χ2v) is 10.3. The van der Waals surface area contributed by atoms with Crippen molar-refractivity contribution in [2.75, 3.05) is 18.7 Å². The molecule has 1 amide bonds. The van der Waals surface area contributed by atoms with Crippen molar-refractivity contribution in [1.29, 1.82) is 0 Å². The van der Waals surface area contributed by atoms with E-state index in [-0.39, 0.29) is 23.6 Å². The van der Waals surface area contributed by atoms with Crippen molar-refractivity contribution in [3.05, 3.63) is 33.0 Å². The molecule has 0 saturated carbocycles. The first-order chi connectivity index (χ1) is 16.0. The lowest BCUT2D eigenvalue weighted by Gasteiger charge is -2.32. The largest absolute Gasteiger partial charge is 0.490 e. The summed E-state index contributed by atoms with van der Waals surface area (Å²) in [6, 6.07) is 0. The minimum Gasteiger partial charge on any atom is -0.462 e. The highest BCUT2D eigenvalue weighted by Gasteiger charge is 2.51. The third-order valence-electron chi connectivity index (χ3n) is 5.82. The quantitative estimate of drug-likeness (QED) is 0.339. The topological polar surface area (TPSA) is 109 Å². The second kappa shape index (κ2) is 9.98. The zero-order valence-electron chi connectivity index (χ0n) is 22.3. The maximum atomic E-state index is 13.4. The Kier molecular flexibility index (Phi) is 8.08. The highest BCUT2D eigenvalue weighted by atomic mass is 16.7. The molecule has 0 unspecified atom stereocenters. The van der Waals surface area contributed by atoms with Gasteiger partial charge in [0.25, 0.3) is 0 Å². The molecule has 1 saturated heterocycles. The number of hydrogen-bond acceptors (Lipinski definition) is 8. The molecule has 1 aliphatic rings. The summed E-state index contributed by atoms with van der Waals surface area (Å²) in [5, 5.41) is 1.10. The lowest BCUT2D eigenvalue weighted by atomic mass is 9.78. The van der Waals surface area contributed by atoms with Crippen LogP contribution in [0.4, 0.5) is 10.6 Å². The summed E-state index contributed by atoms with van der Waals surface area (Å²) >= 11 is 0. The monoisotopic (exact) mass is 489 g/mol. The Morgan fingerprint density at radius 1 is 1.23 bits per heavy atom. The van der Waals surface area contributed by atoms with Gasteiger partial charge in [-0.2, -0.15) is 0 Å². The Bertz CT molecular complexity index is 1080. The van der Waals surface area contributed by atoms with E-state index in [9.17, 15) is 14.4 Å². The van der Waals surface area contributed by atoms with Crippen molar-refractivity contribution in [3.63, 3.8) is 0 Å². The molecule has 0 radical (unpaired) electrons. The Labute approximate surface area is 207 Å². The molecule has 1 aromatic rings. The Balaban J connectivity index is 2.71. The van der Waals surface area contributed by atoms with Gasteiger partial charge in [-0.3, -0.25) is 4.79 Å². The number of hydrogen-bond donors (Lipinski definition) is 0. The zero-order valence-corrected chi connectivity index (χ0v) is 22.3. The molecular weight excluding hydrogens is 453 g/mol. The maximum absolute atomic E-state index is 13.4. The number of esters is 1. The lowest BCUT2D eigenvalue weighted by Crippen LogP contribution is -2.42. The maximum Gasteiger partial charge on any atom is 0.490 e. The van der Waals surface area contributed by atoms with Crippen LogP contribution in [-0.2, 0) is 18.8 Å². The second-order valence-electron chi connectivity index (χ2n) is 10.3. The third-order valence-corrected chi connectivity index (χ3v) is 5.82. The number of aromatic nitrogens is 1. The van der Waals surface area contributed by atoms with Crippen molar-refractivity contribution < 1.29 is 28.4 Å². The minimum absolute atomic E-state index is 0.0215. The van der Waals surface area contributed by atoms with E-state index in [1.54, 1.807) is 34.6 Å². The number of allylic oxidation sites excluding steroid dienone is 1. The number of aliphatic imine (C=N–C) groups is 1. The summed E-state index contributed by atoms with van der Waals surface area (Å²) in [6.45, 7) is 19.9. The fourth-order valence-corrected chi connectivity index (χ4v) is 3.22. The molecule has 2 heterocycles. The fourth-order valence-electron chi connectivity index (χ4n) is 3.22. The number of carbonyl (C=O) groups is 2. The van der Waals surface area contributed by atoms with Gasteiger partial charge in [0.2, 0.25) is 5.43 Å². The molecular formula is C24H36BN3O7. The molecule has 0 N–H and O–H groups in total. The summed E-state index contributed by atoms with van der Waals surface area (Å²) in [5.41, 5.74) is -2.26. The normalized spacial score (nSPS) is 17.2. The van der Waals surface area contributed by atoms with Crippen LogP contribution in [0.25, 0.3) is 6.08 Å². The van der Waals surface area contributed by atoms with Gasteiger partial charge in [-0.15, -0.1) is 0 Å². The molecule has 11 heteroatoms. The predicted octanol–water partition coefficient (Wildman–Crippen LogP) is 3.89. The predicted molar refractivity (Wildman–Crippen MR) is 136 cm³/mol. The van der Waals surface area contributed by atoms with Crippen LogP contribution in [0, 0.1) is 0 Å². The van der Waals surface area contributed by atoms with Gasteiger partial charge >= 0.3 is 19.2 Å². The van der Waals surface area contributed by atoms with Crippen molar-refractivity contribution in [1.82, 2.24) is 4.68 Å². The molecule has 0 atom stereocenters. The van der Waals surface area contributed by atoms with E-state index in [4.69, 9.17) is 18.8 Å². The van der Waals surface area contributed by atoms with E-state index in [0.29, 0.717) is 5.47 Å². The fraction of sp³-hybridized carbons (Fsp3) is 0.583. The van der Waals surface area contributed by atoms with Gasteiger partial charge in [0.05, 0.1) is 23.4 Å². The molecule has 1 aliphatic heterocycles. The summed E-state index contributed by atoms with van der Waals surface area (Å²) in [6.07, 6.45) is 1.99. The first kappa shape index (κ1) is 28.3. The highest BCUT2D eigenvalue weighted by Crippen LogP contribution is 2.39. The van der Waals surface area contributed by atoms with Crippen LogP contribution in [0.15, 0.2) is 21.5 Å². The molecule has 10 nitrogen and oxygen atoms in total. The molecule has 1 aromatic heterocycles. The van der Waals surface area contributed by atoms with Crippen LogP contribution < -0.4 is 10.4 Å². The van der Waals surface area contributed by atoms with Crippen LogP contribution in [0.3, 0.4) is 0 Å². The molecule has 192 valence electrons. The van der Waals surface area contributed by atoms with Gasteiger partial charge in [-0.05, 0) is 74.5 Å². The number of pyridine rings is 1. The van der Waals surface area contributed by atoms with Crippen molar-refractivity contribution >= 4 is 37.8 Å². The van der Waals surface area contributed by atoms with Crippen molar-refractivity contribution in [2.24, 2.45) is 4.99 Å². The van der Waals surface area contributed by atoms with E-state index >= 15 is 0 Å². The smallest absolute Gasteiger partial charge is 0.462 e. The van der Waals surface area contributed by atoms with Gasteiger partial charge in [0.15, 0.2) is 5.82 Å². The third kappa shape index (κ3) is 6.02. The first-order valence-corrected chi connectivity index (χ1v) is 11.4. The molecule has 1 fully saturated rings. The van der Waals surface area contributed by atoms with E-state index in [1.165, 1.54) is 24.0 Å². The van der Waals surface area contributed by atoms with Crippen LogP contribution in [0.2, 0.25) is 0 Å². The number of nitrogens with zero attached hydrogens (tertiary/aromatic N) is 3. The molecule has 0 aliphatic carbocycles. The average molecular weight is 489 g/mol. The van der Waals surface area contributed by atoms with E-state index < -0.39 is 41.4 Å². The molecule has 2 rings (SSSR count).